The van der Waals surface area contributed by atoms with E-state index in [1.54, 1.807) is 12.2 Å². The van der Waals surface area contributed by atoms with E-state index in [1.807, 2.05) is 12.4 Å². The highest BCUT2D eigenvalue weighted by atomic mass is 14.8. The maximum Gasteiger partial charge on any atom is 0.206 e. The van der Waals surface area contributed by atoms with Crippen LogP contribution < -0.4 is 0 Å². The minimum Gasteiger partial charge on any atom is -0.173 e. The van der Waals surface area contributed by atoms with Gasteiger partial charge in [-0.05, 0) is 49.0 Å². The van der Waals surface area contributed by atoms with Crippen LogP contribution in [0, 0.1) is 22.9 Å². The highest BCUT2D eigenvalue weighted by Gasteiger charge is 2.22. The Morgan fingerprint density at radius 1 is 0.875 bits per heavy atom. The van der Waals surface area contributed by atoms with E-state index in [9.17, 15) is 0 Å². The van der Waals surface area contributed by atoms with E-state index in [0.717, 1.165) is 48.3 Å². The van der Waals surface area contributed by atoms with Crippen molar-refractivity contribution in [1.29, 1.82) is 10.5 Å². The van der Waals surface area contributed by atoms with E-state index in [2.05, 4.69) is 9.98 Å². The summed E-state index contributed by atoms with van der Waals surface area (Å²) < 4.78 is 0. The summed E-state index contributed by atoms with van der Waals surface area (Å²) in [5.41, 5.74) is 3.64. The van der Waals surface area contributed by atoms with E-state index >= 15 is 0 Å². The van der Waals surface area contributed by atoms with Crippen molar-refractivity contribution in [3.63, 3.8) is 0 Å². The first-order chi connectivity index (χ1) is 7.86. The van der Waals surface area contributed by atoms with Gasteiger partial charge < -0.3 is 0 Å². The van der Waals surface area contributed by atoms with E-state index < -0.39 is 0 Å². The van der Waals surface area contributed by atoms with Gasteiger partial charge in [0, 0.05) is 0 Å². The Balaban J connectivity index is 2.49. The predicted molar refractivity (Wildman–Crippen MR) is 60.7 cm³/mol. The van der Waals surface area contributed by atoms with Gasteiger partial charge in [0.1, 0.15) is 0 Å². The molecule has 0 atom stereocenters. The number of allylic oxidation sites excluding steroid dienone is 4. The molecule has 0 amide bonds. The van der Waals surface area contributed by atoms with Crippen LogP contribution in [0.15, 0.2) is 33.3 Å². The number of nitriles is 2. The number of aliphatic imine (C=N–C) groups is 2. The summed E-state index contributed by atoms with van der Waals surface area (Å²) in [6.07, 6.45) is 11.2. The molecule has 0 spiro atoms. The lowest BCUT2D eigenvalue weighted by Gasteiger charge is -2.22. The highest BCUT2D eigenvalue weighted by Crippen LogP contribution is 2.30. The number of hydrogen-bond acceptors (Lipinski definition) is 4. The Labute approximate surface area is 93.9 Å². The molecule has 2 rings (SSSR count). The van der Waals surface area contributed by atoms with Gasteiger partial charge >= 0.3 is 0 Å². The minimum absolute atomic E-state index is 0.731. The summed E-state index contributed by atoms with van der Waals surface area (Å²) in [4.78, 5) is 7.60. The smallest absolute Gasteiger partial charge is 0.173 e. The lowest BCUT2D eigenvalue weighted by molar-refractivity contribution is 0.704. The van der Waals surface area contributed by atoms with Crippen molar-refractivity contribution in [2.24, 2.45) is 9.98 Å². The molecule has 0 N–H and O–H groups in total. The SMILES string of the molecule is N#CN=C1C=CC(=NC#N)C2=C1CCCC2. The summed E-state index contributed by atoms with van der Waals surface area (Å²) in [6, 6.07) is 0. The molecule has 78 valence electrons. The number of hydrogen-bond donors (Lipinski definition) is 0. The summed E-state index contributed by atoms with van der Waals surface area (Å²) in [5, 5.41) is 17.2. The maximum atomic E-state index is 8.60. The van der Waals surface area contributed by atoms with E-state index in [1.165, 1.54) is 0 Å². The first kappa shape index (κ1) is 10.3. The van der Waals surface area contributed by atoms with Gasteiger partial charge in [-0.2, -0.15) is 20.5 Å². The molecule has 0 aliphatic heterocycles. The van der Waals surface area contributed by atoms with Gasteiger partial charge in [0.05, 0.1) is 11.4 Å². The van der Waals surface area contributed by atoms with Crippen LogP contribution in [0.4, 0.5) is 0 Å². The summed E-state index contributed by atoms with van der Waals surface area (Å²) >= 11 is 0. The fourth-order valence-corrected chi connectivity index (χ4v) is 2.15. The zero-order chi connectivity index (χ0) is 11.4. The van der Waals surface area contributed by atoms with Crippen LogP contribution in [-0.2, 0) is 0 Å². The van der Waals surface area contributed by atoms with Crippen molar-refractivity contribution in [1.82, 2.24) is 0 Å². The molecule has 16 heavy (non-hydrogen) atoms. The highest BCUT2D eigenvalue weighted by molar-refractivity contribution is 6.24. The van der Waals surface area contributed by atoms with Crippen LogP contribution in [-0.4, -0.2) is 11.4 Å². The monoisotopic (exact) mass is 210 g/mol. The van der Waals surface area contributed by atoms with Gasteiger partial charge in [-0.25, -0.2) is 0 Å². The lowest BCUT2D eigenvalue weighted by atomic mass is 9.83. The molecule has 0 saturated heterocycles. The van der Waals surface area contributed by atoms with Gasteiger partial charge in [-0.15, -0.1) is 0 Å². The number of nitrogens with zero attached hydrogens (tertiary/aromatic N) is 4. The summed E-state index contributed by atoms with van der Waals surface area (Å²) in [5.74, 6) is 0. The maximum absolute atomic E-state index is 8.60. The van der Waals surface area contributed by atoms with Crippen molar-refractivity contribution in [2.75, 3.05) is 0 Å². The molecule has 0 bridgehead atoms. The standard InChI is InChI=1S/C12H10N4/c13-7-15-11-5-6-12(16-8-14)10-4-2-1-3-9(10)11/h5-6H,1-4H2. The Kier molecular flexibility index (Phi) is 2.93. The summed E-state index contributed by atoms with van der Waals surface area (Å²) in [7, 11) is 0. The molecule has 0 radical (unpaired) electrons. The Bertz CT molecular complexity index is 460. The van der Waals surface area contributed by atoms with Crippen LogP contribution in [0.1, 0.15) is 25.7 Å². The van der Waals surface area contributed by atoms with Crippen molar-refractivity contribution in [3.8, 4) is 12.4 Å². The van der Waals surface area contributed by atoms with Crippen molar-refractivity contribution in [3.05, 3.63) is 23.3 Å². The van der Waals surface area contributed by atoms with Crippen molar-refractivity contribution in [2.45, 2.75) is 25.7 Å². The van der Waals surface area contributed by atoms with Crippen LogP contribution in [0.2, 0.25) is 0 Å². The third-order valence-corrected chi connectivity index (χ3v) is 2.83. The summed E-state index contributed by atoms with van der Waals surface area (Å²) in [6.45, 7) is 0. The predicted octanol–water partition coefficient (Wildman–Crippen LogP) is 2.27. The molecule has 0 aromatic rings. The third-order valence-electron chi connectivity index (χ3n) is 2.83. The van der Waals surface area contributed by atoms with Gasteiger partial charge in [0.2, 0.25) is 12.4 Å². The average Bonchev–Trinajstić information content (AvgIpc) is 2.33. The Hall–Kier alpha value is -2.20. The Morgan fingerprint density at radius 3 is 1.69 bits per heavy atom. The molecule has 0 fully saturated rings. The van der Waals surface area contributed by atoms with Gasteiger partial charge in [-0.1, -0.05) is 0 Å². The first-order valence-electron chi connectivity index (χ1n) is 5.21. The largest absolute Gasteiger partial charge is 0.206 e. The second kappa shape index (κ2) is 4.55. The van der Waals surface area contributed by atoms with E-state index in [4.69, 9.17) is 10.5 Å². The second-order valence-corrected chi connectivity index (χ2v) is 3.69. The quantitative estimate of drug-likeness (QED) is 0.454. The average molecular weight is 210 g/mol. The van der Waals surface area contributed by atoms with Crippen LogP contribution in [0.5, 0.6) is 0 Å². The molecular weight excluding hydrogens is 200 g/mol. The molecule has 0 aromatic heterocycles. The molecular formula is C12H10N4. The molecule has 2 aliphatic rings. The topological polar surface area (TPSA) is 72.3 Å². The Morgan fingerprint density at radius 2 is 1.31 bits per heavy atom. The van der Waals surface area contributed by atoms with Crippen molar-refractivity contribution >= 4 is 11.4 Å². The molecule has 2 aliphatic carbocycles. The van der Waals surface area contributed by atoms with Crippen LogP contribution in [0.3, 0.4) is 0 Å². The molecule has 0 saturated carbocycles. The molecule has 0 unspecified atom stereocenters. The second-order valence-electron chi connectivity index (χ2n) is 3.69. The molecule has 0 heterocycles. The van der Waals surface area contributed by atoms with E-state index in [0.29, 0.717) is 0 Å². The molecule has 0 aromatic carbocycles. The van der Waals surface area contributed by atoms with Crippen LogP contribution >= 0.6 is 0 Å². The zero-order valence-corrected chi connectivity index (χ0v) is 8.77. The first-order valence-corrected chi connectivity index (χ1v) is 5.21. The van der Waals surface area contributed by atoms with Gasteiger partial charge in [-0.3, -0.25) is 0 Å². The molecule has 4 nitrogen and oxygen atoms in total. The van der Waals surface area contributed by atoms with Gasteiger partial charge in [0.15, 0.2) is 0 Å². The van der Waals surface area contributed by atoms with Crippen LogP contribution in [0.25, 0.3) is 0 Å². The fourth-order valence-electron chi connectivity index (χ4n) is 2.15. The van der Waals surface area contributed by atoms with Crippen molar-refractivity contribution < 1.29 is 0 Å². The normalized spacial score (nSPS) is 24.1. The lowest BCUT2D eigenvalue weighted by Crippen LogP contribution is -2.18. The fraction of sp³-hybridized carbons (Fsp3) is 0.333. The number of rotatable bonds is 0. The van der Waals surface area contributed by atoms with Gasteiger partial charge in [0.25, 0.3) is 0 Å². The minimum atomic E-state index is 0.731. The molecule has 4 heteroatoms. The third kappa shape index (κ3) is 1.78. The zero-order valence-electron chi connectivity index (χ0n) is 8.77. The van der Waals surface area contributed by atoms with E-state index in [-0.39, 0.29) is 0 Å².